The molecule has 1 nitrogen and oxygen atoms in total. The molecule has 0 radical (unpaired) electrons. The zero-order valence-corrected chi connectivity index (χ0v) is 10.1. The molecule has 2 heteroatoms. The molecule has 14 heavy (non-hydrogen) atoms. The summed E-state index contributed by atoms with van der Waals surface area (Å²) in [4.78, 5) is 0. The third kappa shape index (κ3) is 2.01. The van der Waals surface area contributed by atoms with Crippen LogP contribution in [-0.4, -0.2) is 13.1 Å². The van der Waals surface area contributed by atoms with Gasteiger partial charge in [0.1, 0.15) is 0 Å². The zero-order chi connectivity index (χ0) is 9.97. The fourth-order valence-corrected chi connectivity index (χ4v) is 2.61. The predicted octanol–water partition coefficient (Wildman–Crippen LogP) is 3.09. The van der Waals surface area contributed by atoms with Crippen LogP contribution in [0.4, 0.5) is 0 Å². The molecule has 1 N–H and O–H groups in total. The van der Waals surface area contributed by atoms with E-state index >= 15 is 0 Å². The minimum atomic E-state index is 0.734. The number of hydrogen-bond donors (Lipinski definition) is 1. The minimum Gasteiger partial charge on any atom is -0.316 e. The Morgan fingerprint density at radius 2 is 2.36 bits per heavy atom. The maximum Gasteiger partial charge on any atom is 0.0178 e. The first kappa shape index (κ1) is 10.2. The van der Waals surface area contributed by atoms with Crippen molar-refractivity contribution in [1.82, 2.24) is 5.32 Å². The Kier molecular flexibility index (Phi) is 3.24. The van der Waals surface area contributed by atoms with Gasteiger partial charge in [0.25, 0.3) is 0 Å². The first-order chi connectivity index (χ1) is 6.81. The lowest BCUT2D eigenvalue weighted by Gasteiger charge is -2.14. The van der Waals surface area contributed by atoms with Gasteiger partial charge in [-0.25, -0.2) is 0 Å². The molecule has 1 aliphatic rings. The van der Waals surface area contributed by atoms with Crippen LogP contribution in [-0.2, 0) is 6.42 Å². The van der Waals surface area contributed by atoms with E-state index in [4.69, 9.17) is 0 Å². The van der Waals surface area contributed by atoms with Crippen LogP contribution in [0.5, 0.6) is 0 Å². The lowest BCUT2D eigenvalue weighted by atomic mass is 9.92. The Hall–Kier alpha value is -0.340. The van der Waals surface area contributed by atoms with Gasteiger partial charge in [-0.3, -0.25) is 0 Å². The van der Waals surface area contributed by atoms with Gasteiger partial charge in [0.05, 0.1) is 0 Å². The van der Waals surface area contributed by atoms with Crippen molar-refractivity contribution in [3.05, 3.63) is 33.8 Å². The zero-order valence-electron chi connectivity index (χ0n) is 8.52. The first-order valence-electron chi connectivity index (χ1n) is 5.30. The fourth-order valence-electron chi connectivity index (χ4n) is 2.20. The topological polar surface area (TPSA) is 12.0 Å². The van der Waals surface area contributed by atoms with E-state index in [9.17, 15) is 0 Å². The Morgan fingerprint density at radius 1 is 1.50 bits per heavy atom. The third-order valence-corrected chi connectivity index (χ3v) is 3.48. The van der Waals surface area contributed by atoms with Crippen LogP contribution in [0.25, 0.3) is 0 Å². The lowest BCUT2D eigenvalue weighted by Crippen LogP contribution is -2.09. The summed E-state index contributed by atoms with van der Waals surface area (Å²) in [5.41, 5.74) is 3.04. The number of halogens is 1. The van der Waals surface area contributed by atoms with Crippen molar-refractivity contribution in [2.24, 2.45) is 0 Å². The smallest absolute Gasteiger partial charge is 0.0178 e. The molecule has 1 aromatic carbocycles. The van der Waals surface area contributed by atoms with E-state index in [1.165, 1.54) is 23.0 Å². The summed E-state index contributed by atoms with van der Waals surface area (Å²) < 4.78 is 1.20. The molecular formula is C12H16BrN. The number of benzene rings is 1. The van der Waals surface area contributed by atoms with Gasteiger partial charge in [0.2, 0.25) is 0 Å². The highest BCUT2D eigenvalue weighted by Gasteiger charge is 2.18. The van der Waals surface area contributed by atoms with Crippen molar-refractivity contribution in [2.75, 3.05) is 13.1 Å². The molecule has 1 aliphatic heterocycles. The van der Waals surface area contributed by atoms with Crippen molar-refractivity contribution >= 4 is 15.9 Å². The van der Waals surface area contributed by atoms with Gasteiger partial charge in [-0.2, -0.15) is 0 Å². The Bertz CT molecular complexity index is 316. The van der Waals surface area contributed by atoms with Crippen molar-refractivity contribution < 1.29 is 0 Å². The molecule has 0 amide bonds. The molecule has 0 saturated carbocycles. The van der Waals surface area contributed by atoms with E-state index in [-0.39, 0.29) is 0 Å². The number of hydrogen-bond acceptors (Lipinski definition) is 1. The molecule has 0 aliphatic carbocycles. The third-order valence-electron chi connectivity index (χ3n) is 2.99. The molecule has 1 saturated heterocycles. The van der Waals surface area contributed by atoms with Crippen molar-refractivity contribution in [2.45, 2.75) is 25.7 Å². The maximum atomic E-state index is 3.53. The molecular weight excluding hydrogens is 238 g/mol. The summed E-state index contributed by atoms with van der Waals surface area (Å²) >= 11 is 3.53. The van der Waals surface area contributed by atoms with Crippen LogP contribution in [0.15, 0.2) is 22.7 Å². The standard InChI is InChI=1S/C12H16BrN/c1-2-9-7-11(13)3-4-12(9)10-5-6-14-8-10/h3-4,7,10,14H,2,5-6,8H2,1H3. The van der Waals surface area contributed by atoms with Gasteiger partial charge in [0, 0.05) is 11.0 Å². The minimum absolute atomic E-state index is 0.734. The fraction of sp³-hybridized carbons (Fsp3) is 0.500. The van der Waals surface area contributed by atoms with E-state index in [1.54, 1.807) is 5.56 Å². The van der Waals surface area contributed by atoms with Crippen LogP contribution in [0, 0.1) is 0 Å². The summed E-state index contributed by atoms with van der Waals surface area (Å²) in [7, 11) is 0. The Balaban J connectivity index is 2.31. The van der Waals surface area contributed by atoms with E-state index in [1.807, 2.05) is 0 Å². The molecule has 2 rings (SSSR count). The number of nitrogens with one attached hydrogen (secondary N) is 1. The number of aryl methyl sites for hydroxylation is 1. The molecule has 1 fully saturated rings. The van der Waals surface area contributed by atoms with Gasteiger partial charge in [0.15, 0.2) is 0 Å². The quantitative estimate of drug-likeness (QED) is 0.855. The van der Waals surface area contributed by atoms with Gasteiger partial charge in [-0.15, -0.1) is 0 Å². The van der Waals surface area contributed by atoms with Crippen LogP contribution < -0.4 is 5.32 Å². The highest BCUT2D eigenvalue weighted by atomic mass is 79.9. The molecule has 0 spiro atoms. The van der Waals surface area contributed by atoms with E-state index in [0.717, 1.165) is 18.9 Å². The van der Waals surface area contributed by atoms with Gasteiger partial charge in [-0.05, 0) is 48.6 Å². The second kappa shape index (κ2) is 4.45. The molecule has 1 unspecified atom stereocenters. The summed E-state index contributed by atoms with van der Waals surface area (Å²) in [6.07, 6.45) is 2.42. The van der Waals surface area contributed by atoms with Crippen LogP contribution in [0.1, 0.15) is 30.4 Å². The van der Waals surface area contributed by atoms with Crippen molar-refractivity contribution in [3.8, 4) is 0 Å². The summed E-state index contributed by atoms with van der Waals surface area (Å²) in [6.45, 7) is 4.55. The highest BCUT2D eigenvalue weighted by Crippen LogP contribution is 2.28. The van der Waals surface area contributed by atoms with E-state index in [2.05, 4.69) is 46.4 Å². The molecule has 0 bridgehead atoms. The van der Waals surface area contributed by atoms with Gasteiger partial charge >= 0.3 is 0 Å². The Labute approximate surface area is 94.0 Å². The van der Waals surface area contributed by atoms with Crippen molar-refractivity contribution in [3.63, 3.8) is 0 Å². The SMILES string of the molecule is CCc1cc(Br)ccc1C1CCNC1. The average molecular weight is 254 g/mol. The summed E-state index contributed by atoms with van der Waals surface area (Å²) in [5, 5.41) is 3.43. The second-order valence-electron chi connectivity index (χ2n) is 3.89. The lowest BCUT2D eigenvalue weighted by molar-refractivity contribution is 0.751. The Morgan fingerprint density at radius 3 is 3.00 bits per heavy atom. The van der Waals surface area contributed by atoms with Crippen LogP contribution >= 0.6 is 15.9 Å². The largest absolute Gasteiger partial charge is 0.316 e. The predicted molar refractivity (Wildman–Crippen MR) is 63.7 cm³/mol. The summed E-state index contributed by atoms with van der Waals surface area (Å²) in [6, 6.07) is 6.70. The first-order valence-corrected chi connectivity index (χ1v) is 6.09. The monoisotopic (exact) mass is 253 g/mol. The summed E-state index contributed by atoms with van der Waals surface area (Å²) in [5.74, 6) is 0.734. The normalized spacial score (nSPS) is 21.4. The van der Waals surface area contributed by atoms with Gasteiger partial charge in [-0.1, -0.05) is 28.9 Å². The van der Waals surface area contributed by atoms with Crippen molar-refractivity contribution in [1.29, 1.82) is 0 Å². The average Bonchev–Trinajstić information content (AvgIpc) is 2.70. The maximum absolute atomic E-state index is 3.53. The molecule has 1 aromatic rings. The molecule has 0 aromatic heterocycles. The van der Waals surface area contributed by atoms with Gasteiger partial charge < -0.3 is 5.32 Å². The molecule has 76 valence electrons. The highest BCUT2D eigenvalue weighted by molar-refractivity contribution is 9.10. The number of rotatable bonds is 2. The van der Waals surface area contributed by atoms with E-state index < -0.39 is 0 Å². The van der Waals surface area contributed by atoms with Crippen LogP contribution in [0.2, 0.25) is 0 Å². The van der Waals surface area contributed by atoms with E-state index in [0.29, 0.717) is 0 Å². The molecule has 1 atom stereocenters. The molecule has 1 heterocycles. The van der Waals surface area contributed by atoms with Crippen LogP contribution in [0.3, 0.4) is 0 Å². The second-order valence-corrected chi connectivity index (χ2v) is 4.80.